The Hall–Kier alpha value is -2.49. The van der Waals surface area contributed by atoms with Crippen LogP contribution in [-0.2, 0) is 11.3 Å². The van der Waals surface area contributed by atoms with E-state index in [0.29, 0.717) is 15.8 Å². The second-order valence-corrected chi connectivity index (χ2v) is 6.08. The van der Waals surface area contributed by atoms with Gasteiger partial charge < -0.3 is 10.0 Å². The molecule has 7 nitrogen and oxygen atoms in total. The monoisotopic (exact) mass is 356 g/mol. The number of alkyl halides is 3. The first kappa shape index (κ1) is 17.3. The molecule has 1 aliphatic heterocycles. The summed E-state index contributed by atoms with van der Waals surface area (Å²) in [5, 5.41) is 10.9. The smallest absolute Gasteiger partial charge is 0.388 e. The molecule has 0 spiro atoms. The molecule has 25 heavy (non-hydrogen) atoms. The third-order valence-electron chi connectivity index (χ3n) is 4.32. The van der Waals surface area contributed by atoms with E-state index >= 15 is 0 Å². The van der Waals surface area contributed by atoms with E-state index in [0.717, 1.165) is 0 Å². The van der Waals surface area contributed by atoms with Gasteiger partial charge in [0.1, 0.15) is 0 Å². The molecule has 1 saturated heterocycles. The maximum atomic E-state index is 12.5. The summed E-state index contributed by atoms with van der Waals surface area (Å²) in [5.41, 5.74) is -1.33. The summed E-state index contributed by atoms with van der Waals surface area (Å²) in [7, 11) is 0. The van der Waals surface area contributed by atoms with Gasteiger partial charge in [-0.3, -0.25) is 19.1 Å². The van der Waals surface area contributed by atoms with Gasteiger partial charge in [0, 0.05) is 19.3 Å². The second kappa shape index (κ2) is 6.10. The quantitative estimate of drug-likeness (QED) is 0.856. The molecule has 0 radical (unpaired) electrons. The molecule has 1 fully saturated rings. The van der Waals surface area contributed by atoms with Gasteiger partial charge in [0.25, 0.3) is 5.56 Å². The Bertz CT molecular complexity index is 857. The number of hydrogen-bond donors (Lipinski definition) is 1. The average Bonchev–Trinajstić information content (AvgIpc) is 2.57. The summed E-state index contributed by atoms with van der Waals surface area (Å²) >= 11 is 0. The maximum Gasteiger partial charge on any atom is 0.471 e. The number of rotatable bonds is 2. The molecule has 0 bridgehead atoms. The summed E-state index contributed by atoms with van der Waals surface area (Å²) in [6.07, 6.45) is -0.881. The molecule has 1 N–H and O–H groups in total. The first-order valence-corrected chi connectivity index (χ1v) is 7.57. The Morgan fingerprint density at radius 3 is 2.64 bits per heavy atom. The van der Waals surface area contributed by atoms with Crippen LogP contribution >= 0.6 is 0 Å². The van der Waals surface area contributed by atoms with Crippen LogP contribution < -0.4 is 5.56 Å². The summed E-state index contributed by atoms with van der Waals surface area (Å²) in [6, 6.07) is 1.51. The number of likely N-dealkylation sites (tertiary alicyclic amines) is 1. The molecular weight excluding hydrogens is 341 g/mol. The van der Waals surface area contributed by atoms with Crippen molar-refractivity contribution in [2.45, 2.75) is 31.2 Å². The number of carbonyl (C=O) groups is 1. The van der Waals surface area contributed by atoms with Crippen LogP contribution in [0.2, 0.25) is 0 Å². The normalized spacial score (nSPS) is 17.7. The molecule has 10 heteroatoms. The van der Waals surface area contributed by atoms with Crippen molar-refractivity contribution < 1.29 is 23.1 Å². The molecule has 0 aliphatic carbocycles. The third-order valence-corrected chi connectivity index (χ3v) is 4.32. The third kappa shape index (κ3) is 3.48. The lowest BCUT2D eigenvalue weighted by Crippen LogP contribution is -2.52. The van der Waals surface area contributed by atoms with E-state index in [-0.39, 0.29) is 38.0 Å². The van der Waals surface area contributed by atoms with Crippen molar-refractivity contribution in [1.82, 2.24) is 19.4 Å². The van der Waals surface area contributed by atoms with Crippen LogP contribution in [0.5, 0.6) is 0 Å². The van der Waals surface area contributed by atoms with Crippen molar-refractivity contribution in [3.05, 3.63) is 35.1 Å². The number of pyridine rings is 1. The van der Waals surface area contributed by atoms with Gasteiger partial charge >= 0.3 is 12.1 Å². The van der Waals surface area contributed by atoms with Crippen LogP contribution in [0.3, 0.4) is 0 Å². The number of fused-ring (bicyclic) bond motifs is 1. The molecule has 1 amide bonds. The fraction of sp³-hybridized carbons (Fsp3) is 0.467. The van der Waals surface area contributed by atoms with Crippen LogP contribution in [0.25, 0.3) is 10.9 Å². The zero-order valence-electron chi connectivity index (χ0n) is 13.0. The molecule has 3 heterocycles. The van der Waals surface area contributed by atoms with Gasteiger partial charge in [-0.15, -0.1) is 0 Å². The molecule has 0 aromatic carbocycles. The second-order valence-electron chi connectivity index (χ2n) is 6.08. The lowest BCUT2D eigenvalue weighted by molar-refractivity contribution is -0.188. The number of aromatic nitrogens is 3. The van der Waals surface area contributed by atoms with Gasteiger partial charge in [-0.2, -0.15) is 13.2 Å². The van der Waals surface area contributed by atoms with Crippen molar-refractivity contribution in [1.29, 1.82) is 0 Å². The van der Waals surface area contributed by atoms with Gasteiger partial charge in [0.15, 0.2) is 0 Å². The number of carbonyl (C=O) groups excluding carboxylic acids is 1. The van der Waals surface area contributed by atoms with E-state index in [1.54, 1.807) is 0 Å². The molecule has 134 valence electrons. The summed E-state index contributed by atoms with van der Waals surface area (Å²) < 4.78 is 38.6. The van der Waals surface area contributed by atoms with Gasteiger partial charge in [0.2, 0.25) is 0 Å². The van der Waals surface area contributed by atoms with Crippen LogP contribution in [0, 0.1) is 0 Å². The minimum Gasteiger partial charge on any atom is -0.388 e. The highest BCUT2D eigenvalue weighted by Gasteiger charge is 2.45. The van der Waals surface area contributed by atoms with E-state index in [1.807, 2.05) is 0 Å². The predicted molar refractivity (Wildman–Crippen MR) is 80.6 cm³/mol. The lowest BCUT2D eigenvalue weighted by Gasteiger charge is -2.38. The van der Waals surface area contributed by atoms with E-state index in [2.05, 4.69) is 9.97 Å². The maximum absolute atomic E-state index is 12.5. The van der Waals surface area contributed by atoms with E-state index in [9.17, 15) is 27.9 Å². The largest absolute Gasteiger partial charge is 0.471 e. The SMILES string of the molecule is O=C(N1CCC(O)(Cn2cnc3cnccc3c2=O)CC1)C(F)(F)F. The van der Waals surface area contributed by atoms with Gasteiger partial charge in [-0.05, 0) is 18.9 Å². The highest BCUT2D eigenvalue weighted by atomic mass is 19.4. The first-order chi connectivity index (χ1) is 11.7. The van der Waals surface area contributed by atoms with Gasteiger partial charge in [-0.25, -0.2) is 4.98 Å². The lowest BCUT2D eigenvalue weighted by atomic mass is 9.91. The topological polar surface area (TPSA) is 88.3 Å². The Labute approximate surface area is 139 Å². The van der Waals surface area contributed by atoms with E-state index < -0.39 is 17.7 Å². The molecule has 0 unspecified atom stereocenters. The Morgan fingerprint density at radius 2 is 2.00 bits per heavy atom. The summed E-state index contributed by atoms with van der Waals surface area (Å²) in [4.78, 5) is 32.3. The average molecular weight is 356 g/mol. The molecule has 2 aromatic rings. The van der Waals surface area contributed by atoms with Crippen molar-refractivity contribution >= 4 is 16.8 Å². The van der Waals surface area contributed by atoms with Crippen molar-refractivity contribution in [3.8, 4) is 0 Å². The number of aliphatic hydroxyl groups is 1. The predicted octanol–water partition coefficient (Wildman–Crippen LogP) is 0.707. The summed E-state index contributed by atoms with van der Waals surface area (Å²) in [5.74, 6) is -1.91. The molecule has 0 atom stereocenters. The first-order valence-electron chi connectivity index (χ1n) is 7.57. The van der Waals surface area contributed by atoms with Crippen LogP contribution in [-0.4, -0.2) is 55.3 Å². The number of nitrogens with zero attached hydrogens (tertiary/aromatic N) is 4. The number of hydrogen-bond acceptors (Lipinski definition) is 5. The Morgan fingerprint density at radius 1 is 1.32 bits per heavy atom. The van der Waals surface area contributed by atoms with E-state index in [1.165, 1.54) is 29.4 Å². The fourth-order valence-electron chi connectivity index (χ4n) is 2.90. The van der Waals surface area contributed by atoms with E-state index in [4.69, 9.17) is 0 Å². The summed E-state index contributed by atoms with van der Waals surface area (Å²) in [6.45, 7) is -0.561. The van der Waals surface area contributed by atoms with Crippen molar-refractivity contribution in [2.24, 2.45) is 0 Å². The van der Waals surface area contributed by atoms with Gasteiger partial charge in [0.05, 0.1) is 35.6 Å². The Kier molecular flexibility index (Phi) is 4.23. The molecule has 3 rings (SSSR count). The zero-order valence-corrected chi connectivity index (χ0v) is 13.0. The molecular formula is C15H15F3N4O3. The minimum absolute atomic E-state index is 0.0599. The zero-order chi connectivity index (χ0) is 18.2. The van der Waals surface area contributed by atoms with Crippen LogP contribution in [0.1, 0.15) is 12.8 Å². The highest BCUT2D eigenvalue weighted by molar-refractivity contribution is 5.82. The Balaban J connectivity index is 1.75. The van der Waals surface area contributed by atoms with Crippen molar-refractivity contribution in [3.63, 3.8) is 0 Å². The van der Waals surface area contributed by atoms with Crippen LogP contribution in [0.4, 0.5) is 13.2 Å². The highest BCUT2D eigenvalue weighted by Crippen LogP contribution is 2.27. The number of halogens is 3. The number of amides is 1. The van der Waals surface area contributed by atoms with Gasteiger partial charge in [-0.1, -0.05) is 0 Å². The van der Waals surface area contributed by atoms with Crippen molar-refractivity contribution in [2.75, 3.05) is 13.1 Å². The molecule has 2 aromatic heterocycles. The molecule has 1 aliphatic rings. The van der Waals surface area contributed by atoms with Crippen LogP contribution in [0.15, 0.2) is 29.6 Å². The fourth-order valence-corrected chi connectivity index (χ4v) is 2.90. The molecule has 0 saturated carbocycles. The number of piperidine rings is 1. The minimum atomic E-state index is -4.93. The standard InChI is InChI=1S/C15H15F3N4O3/c16-15(17,18)13(24)21-5-2-14(25,3-6-21)8-22-9-20-11-7-19-4-1-10(11)12(22)23/h1,4,7,9,25H,2-3,5-6,8H2.